The third-order valence-corrected chi connectivity index (χ3v) is 3.53. The highest BCUT2D eigenvalue weighted by atomic mass is 16.7. The topological polar surface area (TPSA) is 72.5 Å². The maximum atomic E-state index is 12.2. The molecule has 6 heteroatoms. The monoisotopic (exact) mass is 307 g/mol. The number of hydrogen-bond acceptors (Lipinski definition) is 4. The molecule has 0 spiro atoms. The summed E-state index contributed by atoms with van der Waals surface area (Å²) in [6.07, 6.45) is 1.67. The maximum absolute atomic E-state index is 12.2. The lowest BCUT2D eigenvalue weighted by molar-refractivity contribution is 0.174. The van der Waals surface area contributed by atoms with Gasteiger partial charge in [-0.25, -0.2) is 4.79 Å². The average Bonchev–Trinajstić information content (AvgIpc) is 3.03. The van der Waals surface area contributed by atoms with Gasteiger partial charge in [-0.15, -0.1) is 0 Å². The number of para-hydroxylation sites is 1. The summed E-state index contributed by atoms with van der Waals surface area (Å²) >= 11 is 0. The summed E-state index contributed by atoms with van der Waals surface area (Å²) in [5.41, 5.74) is 2.16. The van der Waals surface area contributed by atoms with E-state index in [2.05, 4.69) is 15.6 Å². The Balaban J connectivity index is 1.53. The molecule has 0 saturated carbocycles. The van der Waals surface area contributed by atoms with Gasteiger partial charge in [-0.05, 0) is 24.3 Å². The van der Waals surface area contributed by atoms with Crippen LogP contribution in [0.25, 0.3) is 10.9 Å². The number of carbonyl (C=O) groups excluding carboxylic acids is 1. The number of ether oxygens (including phenoxy) is 2. The van der Waals surface area contributed by atoms with Crippen molar-refractivity contribution in [1.82, 2.24) is 4.98 Å². The first-order chi connectivity index (χ1) is 11.3. The lowest BCUT2D eigenvalue weighted by atomic mass is 10.2. The molecule has 0 saturated heterocycles. The van der Waals surface area contributed by atoms with Gasteiger partial charge in [0.05, 0.1) is 11.2 Å². The first kappa shape index (κ1) is 13.4. The van der Waals surface area contributed by atoms with Crippen molar-refractivity contribution in [3.05, 3.63) is 54.7 Å². The maximum Gasteiger partial charge on any atom is 0.323 e. The Hall–Kier alpha value is -3.28. The number of pyridine rings is 1. The molecule has 0 fully saturated rings. The Labute approximate surface area is 132 Å². The summed E-state index contributed by atoms with van der Waals surface area (Å²) in [5.74, 6) is 1.30. The molecule has 0 atom stereocenters. The summed E-state index contributed by atoms with van der Waals surface area (Å²) in [6, 6.07) is 14.3. The molecule has 114 valence electrons. The number of fused-ring (bicyclic) bond motifs is 2. The van der Waals surface area contributed by atoms with E-state index in [1.54, 1.807) is 30.5 Å². The fourth-order valence-electron chi connectivity index (χ4n) is 2.46. The molecule has 0 aliphatic carbocycles. The van der Waals surface area contributed by atoms with Gasteiger partial charge in [-0.3, -0.25) is 4.98 Å². The van der Waals surface area contributed by atoms with Gasteiger partial charge in [0.25, 0.3) is 0 Å². The molecule has 1 aliphatic heterocycles. The number of urea groups is 1. The molecule has 0 radical (unpaired) electrons. The molecule has 4 rings (SSSR count). The highest BCUT2D eigenvalue weighted by Gasteiger charge is 2.14. The molecule has 1 aliphatic rings. The Morgan fingerprint density at radius 1 is 1.00 bits per heavy atom. The van der Waals surface area contributed by atoms with Crippen molar-refractivity contribution in [3.8, 4) is 11.5 Å². The second-order valence-corrected chi connectivity index (χ2v) is 5.02. The van der Waals surface area contributed by atoms with Crippen LogP contribution < -0.4 is 20.1 Å². The third kappa shape index (κ3) is 2.62. The van der Waals surface area contributed by atoms with Crippen LogP contribution in [0.2, 0.25) is 0 Å². The zero-order valence-corrected chi connectivity index (χ0v) is 12.1. The minimum Gasteiger partial charge on any atom is -0.454 e. The van der Waals surface area contributed by atoms with Crippen molar-refractivity contribution in [2.45, 2.75) is 0 Å². The molecule has 6 nitrogen and oxygen atoms in total. The number of amides is 2. The lowest BCUT2D eigenvalue weighted by Gasteiger charge is -2.10. The summed E-state index contributed by atoms with van der Waals surface area (Å²) < 4.78 is 10.5. The molecule has 2 amide bonds. The van der Waals surface area contributed by atoms with Gasteiger partial charge in [-0.2, -0.15) is 0 Å². The van der Waals surface area contributed by atoms with E-state index < -0.39 is 0 Å². The molecule has 3 aromatic rings. The van der Waals surface area contributed by atoms with Crippen molar-refractivity contribution in [1.29, 1.82) is 0 Å². The summed E-state index contributed by atoms with van der Waals surface area (Å²) in [7, 11) is 0. The number of hydrogen-bond donors (Lipinski definition) is 2. The SMILES string of the molecule is O=C(Nc1ccc2c(c1)OCO2)Nc1ccnc2ccccc12. The number of rotatable bonds is 2. The molecule has 2 aromatic carbocycles. The van der Waals surface area contributed by atoms with Crippen LogP contribution in [0.15, 0.2) is 54.7 Å². The van der Waals surface area contributed by atoms with E-state index in [1.807, 2.05) is 24.3 Å². The van der Waals surface area contributed by atoms with Gasteiger partial charge in [0, 0.05) is 23.3 Å². The largest absolute Gasteiger partial charge is 0.454 e. The number of carbonyl (C=O) groups is 1. The van der Waals surface area contributed by atoms with E-state index >= 15 is 0 Å². The molecule has 0 bridgehead atoms. The van der Waals surface area contributed by atoms with Crippen LogP contribution in [0.1, 0.15) is 0 Å². The van der Waals surface area contributed by atoms with Gasteiger partial charge in [0.1, 0.15) is 0 Å². The fraction of sp³-hybridized carbons (Fsp3) is 0.0588. The fourth-order valence-corrected chi connectivity index (χ4v) is 2.46. The van der Waals surface area contributed by atoms with E-state index in [9.17, 15) is 4.79 Å². The van der Waals surface area contributed by atoms with Crippen LogP contribution in [-0.4, -0.2) is 17.8 Å². The second kappa shape index (κ2) is 5.49. The normalized spacial score (nSPS) is 12.2. The predicted octanol–water partition coefficient (Wildman–Crippen LogP) is 3.61. The van der Waals surface area contributed by atoms with Crippen molar-refractivity contribution < 1.29 is 14.3 Å². The van der Waals surface area contributed by atoms with Gasteiger partial charge < -0.3 is 20.1 Å². The van der Waals surface area contributed by atoms with Crippen molar-refractivity contribution in [3.63, 3.8) is 0 Å². The molecule has 23 heavy (non-hydrogen) atoms. The molecule has 1 aromatic heterocycles. The quantitative estimate of drug-likeness (QED) is 0.758. The zero-order valence-electron chi connectivity index (χ0n) is 12.1. The van der Waals surface area contributed by atoms with Crippen LogP contribution in [-0.2, 0) is 0 Å². The smallest absolute Gasteiger partial charge is 0.323 e. The van der Waals surface area contributed by atoms with E-state index in [-0.39, 0.29) is 12.8 Å². The van der Waals surface area contributed by atoms with Crippen LogP contribution in [0.4, 0.5) is 16.2 Å². The van der Waals surface area contributed by atoms with E-state index in [4.69, 9.17) is 9.47 Å². The zero-order chi connectivity index (χ0) is 15.6. The predicted molar refractivity (Wildman–Crippen MR) is 86.9 cm³/mol. The van der Waals surface area contributed by atoms with Gasteiger partial charge in [-0.1, -0.05) is 18.2 Å². The number of nitrogens with one attached hydrogen (secondary N) is 2. The standard InChI is InChI=1S/C17H13N3O3/c21-17(19-11-5-6-15-16(9-11)23-10-22-15)20-14-7-8-18-13-4-2-1-3-12(13)14/h1-9H,10H2,(H2,18,19,20,21). The number of benzene rings is 2. The van der Waals surface area contributed by atoms with Crippen LogP contribution in [0.5, 0.6) is 11.5 Å². The summed E-state index contributed by atoms with van der Waals surface area (Å²) in [5, 5.41) is 6.50. The Morgan fingerprint density at radius 3 is 2.83 bits per heavy atom. The van der Waals surface area contributed by atoms with Gasteiger partial charge >= 0.3 is 6.03 Å². The molecule has 2 heterocycles. The van der Waals surface area contributed by atoms with Crippen molar-refractivity contribution >= 4 is 28.3 Å². The number of aromatic nitrogens is 1. The first-order valence-corrected chi connectivity index (χ1v) is 7.11. The van der Waals surface area contributed by atoms with Crippen LogP contribution >= 0.6 is 0 Å². The third-order valence-electron chi connectivity index (χ3n) is 3.53. The van der Waals surface area contributed by atoms with Crippen LogP contribution in [0, 0.1) is 0 Å². The summed E-state index contributed by atoms with van der Waals surface area (Å²) in [6.45, 7) is 0.202. The first-order valence-electron chi connectivity index (χ1n) is 7.11. The minimum atomic E-state index is -0.333. The van der Waals surface area contributed by atoms with E-state index in [1.165, 1.54) is 0 Å². The Morgan fingerprint density at radius 2 is 1.87 bits per heavy atom. The second-order valence-electron chi connectivity index (χ2n) is 5.02. The Kier molecular flexibility index (Phi) is 3.20. The highest BCUT2D eigenvalue weighted by Crippen LogP contribution is 2.34. The highest BCUT2D eigenvalue weighted by molar-refractivity contribution is 6.05. The molecular weight excluding hydrogens is 294 g/mol. The number of nitrogens with zero attached hydrogens (tertiary/aromatic N) is 1. The van der Waals surface area contributed by atoms with Crippen molar-refractivity contribution in [2.75, 3.05) is 17.4 Å². The lowest BCUT2D eigenvalue weighted by Crippen LogP contribution is -2.19. The van der Waals surface area contributed by atoms with Gasteiger partial charge in [0.15, 0.2) is 11.5 Å². The van der Waals surface area contributed by atoms with Crippen molar-refractivity contribution in [2.24, 2.45) is 0 Å². The molecule has 0 unspecified atom stereocenters. The van der Waals surface area contributed by atoms with E-state index in [0.29, 0.717) is 22.9 Å². The minimum absolute atomic E-state index is 0.202. The van der Waals surface area contributed by atoms with Gasteiger partial charge in [0.2, 0.25) is 6.79 Å². The molecular formula is C17H13N3O3. The molecule has 2 N–H and O–H groups in total. The summed E-state index contributed by atoms with van der Waals surface area (Å²) in [4.78, 5) is 16.5. The Bertz CT molecular complexity index is 890. The average molecular weight is 307 g/mol. The van der Waals surface area contributed by atoms with Crippen LogP contribution in [0.3, 0.4) is 0 Å². The number of anilines is 2. The van der Waals surface area contributed by atoms with E-state index in [0.717, 1.165) is 10.9 Å².